The molecule has 22 heavy (non-hydrogen) atoms. The zero-order chi connectivity index (χ0) is 15.4. The molecule has 1 heterocycles. The second-order valence-corrected chi connectivity index (χ2v) is 6.11. The molecule has 3 unspecified atom stereocenters. The van der Waals surface area contributed by atoms with Crippen LogP contribution in [-0.4, -0.2) is 25.4 Å². The Hall–Kier alpha value is -1.87. The fraction of sp³-hybridized carbons (Fsp3) is 0.421. The number of benzene rings is 1. The molecule has 1 aromatic rings. The summed E-state index contributed by atoms with van der Waals surface area (Å²) in [5.74, 6) is 2.38. The number of rotatable bonds is 5. The Kier molecular flexibility index (Phi) is 4.74. The Morgan fingerprint density at radius 1 is 1.32 bits per heavy atom. The average Bonchev–Trinajstić information content (AvgIpc) is 2.83. The fourth-order valence-electron chi connectivity index (χ4n) is 3.60. The Labute approximate surface area is 132 Å². The monoisotopic (exact) mass is 296 g/mol. The molecule has 0 aromatic heterocycles. The van der Waals surface area contributed by atoms with E-state index in [1.165, 1.54) is 6.42 Å². The van der Waals surface area contributed by atoms with Crippen molar-refractivity contribution in [1.29, 1.82) is 0 Å². The minimum Gasteiger partial charge on any atom is -0.489 e. The highest BCUT2D eigenvalue weighted by Gasteiger charge is 2.38. The topological polar surface area (TPSA) is 33.6 Å². The maximum atomic E-state index is 6.41. The van der Waals surface area contributed by atoms with Gasteiger partial charge in [0.2, 0.25) is 0 Å². The summed E-state index contributed by atoms with van der Waals surface area (Å²) < 4.78 is 6.41. The van der Waals surface area contributed by atoms with Crippen LogP contribution < -0.4 is 10.1 Å². The van der Waals surface area contributed by atoms with Crippen molar-refractivity contribution in [1.82, 2.24) is 5.32 Å². The van der Waals surface area contributed by atoms with Gasteiger partial charge in [0.15, 0.2) is 0 Å². The lowest BCUT2D eigenvalue weighted by Crippen LogP contribution is -2.34. The van der Waals surface area contributed by atoms with Crippen molar-refractivity contribution < 1.29 is 4.74 Å². The third-order valence-electron chi connectivity index (χ3n) is 4.67. The van der Waals surface area contributed by atoms with E-state index in [-0.39, 0.29) is 0 Å². The van der Waals surface area contributed by atoms with Crippen molar-refractivity contribution in [2.75, 3.05) is 13.1 Å². The predicted octanol–water partition coefficient (Wildman–Crippen LogP) is 3.68. The molecule has 0 amide bonds. The Morgan fingerprint density at radius 3 is 2.95 bits per heavy atom. The zero-order valence-electron chi connectivity index (χ0n) is 13.2. The van der Waals surface area contributed by atoms with Gasteiger partial charge in [0.25, 0.3) is 0 Å². The van der Waals surface area contributed by atoms with Gasteiger partial charge in [-0.3, -0.25) is 4.99 Å². The minimum atomic E-state index is 0.329. The van der Waals surface area contributed by atoms with Crippen molar-refractivity contribution in [3.05, 3.63) is 48.7 Å². The van der Waals surface area contributed by atoms with Gasteiger partial charge in [-0.15, -0.1) is 0 Å². The zero-order valence-corrected chi connectivity index (χ0v) is 13.2. The normalized spacial score (nSPS) is 28.0. The second kappa shape index (κ2) is 6.93. The van der Waals surface area contributed by atoms with E-state index < -0.39 is 0 Å². The van der Waals surface area contributed by atoms with Crippen LogP contribution in [0.25, 0.3) is 5.57 Å². The van der Waals surface area contributed by atoms with Crippen molar-refractivity contribution in [2.45, 2.75) is 25.9 Å². The van der Waals surface area contributed by atoms with Gasteiger partial charge in [0.1, 0.15) is 11.9 Å². The summed E-state index contributed by atoms with van der Waals surface area (Å²) in [5.41, 5.74) is 2.17. The number of nitrogens with one attached hydrogen (secondary N) is 1. The highest BCUT2D eigenvalue weighted by atomic mass is 16.5. The van der Waals surface area contributed by atoms with Gasteiger partial charge in [0, 0.05) is 30.4 Å². The summed E-state index contributed by atoms with van der Waals surface area (Å²) in [6, 6.07) is 8.24. The molecule has 3 rings (SSSR count). The van der Waals surface area contributed by atoms with Crippen LogP contribution in [0.4, 0.5) is 0 Å². The van der Waals surface area contributed by atoms with Gasteiger partial charge in [0.05, 0.1) is 0 Å². The molecule has 1 aliphatic carbocycles. The molecule has 1 aliphatic heterocycles. The summed E-state index contributed by atoms with van der Waals surface area (Å²) in [6.45, 7) is 7.88. The number of piperidine rings is 1. The number of nitrogens with zero attached hydrogens (tertiary/aromatic N) is 1. The molecule has 1 saturated heterocycles. The summed E-state index contributed by atoms with van der Waals surface area (Å²) in [7, 11) is 0. The fourth-order valence-corrected chi connectivity index (χ4v) is 3.60. The number of ether oxygens (including phenoxy) is 1. The van der Waals surface area contributed by atoms with Gasteiger partial charge in [-0.05, 0) is 43.9 Å². The number of para-hydroxylation sites is 1. The van der Waals surface area contributed by atoms with Crippen LogP contribution in [0.3, 0.4) is 0 Å². The summed E-state index contributed by atoms with van der Waals surface area (Å²) in [4.78, 5) is 4.15. The van der Waals surface area contributed by atoms with Gasteiger partial charge >= 0.3 is 0 Å². The van der Waals surface area contributed by atoms with Crippen LogP contribution in [0.5, 0.6) is 5.75 Å². The molecular formula is C19H24N2O. The van der Waals surface area contributed by atoms with Crippen molar-refractivity contribution in [3.63, 3.8) is 0 Å². The lowest BCUT2D eigenvalue weighted by atomic mass is 10.0. The van der Waals surface area contributed by atoms with E-state index in [1.807, 2.05) is 25.3 Å². The summed E-state index contributed by atoms with van der Waals surface area (Å²) >= 11 is 0. The molecule has 1 saturated carbocycles. The number of aliphatic imine (C=N–C) groups is 1. The van der Waals surface area contributed by atoms with Crippen molar-refractivity contribution >= 4 is 11.8 Å². The van der Waals surface area contributed by atoms with E-state index in [4.69, 9.17) is 4.74 Å². The Morgan fingerprint density at radius 2 is 2.18 bits per heavy atom. The average molecular weight is 296 g/mol. The van der Waals surface area contributed by atoms with Crippen molar-refractivity contribution in [3.8, 4) is 5.75 Å². The quantitative estimate of drug-likeness (QED) is 0.841. The molecule has 3 nitrogen and oxygen atoms in total. The molecule has 2 bridgehead atoms. The molecule has 2 aliphatic rings. The molecular weight excluding hydrogens is 272 g/mol. The van der Waals surface area contributed by atoms with Gasteiger partial charge in [-0.1, -0.05) is 30.9 Å². The smallest absolute Gasteiger partial charge is 0.127 e. The molecule has 116 valence electrons. The van der Waals surface area contributed by atoms with E-state index >= 15 is 0 Å². The van der Waals surface area contributed by atoms with E-state index in [9.17, 15) is 0 Å². The van der Waals surface area contributed by atoms with Crippen LogP contribution in [0.15, 0.2) is 48.1 Å². The van der Waals surface area contributed by atoms with E-state index in [0.29, 0.717) is 12.0 Å². The molecule has 1 aromatic carbocycles. The molecule has 3 atom stereocenters. The standard InChI is InChI=1S/C19H24N2O/c1-3-15(12-20-4-2)17-7-5-6-8-18(17)22-19-10-14-9-16(19)13-21-11-14/h3-8,12,14,16,19,21H,2,9-11,13H2,1H3/b15-3+,20-12?. The van der Waals surface area contributed by atoms with Crippen molar-refractivity contribution in [2.24, 2.45) is 16.8 Å². The SMILES string of the molecule is C=CN=C/C(=C\C)c1ccccc1OC1CC2CNCC1C2. The van der Waals surface area contributed by atoms with E-state index in [1.54, 1.807) is 6.20 Å². The first kappa shape index (κ1) is 15.0. The lowest BCUT2D eigenvalue weighted by molar-refractivity contribution is 0.160. The minimum absolute atomic E-state index is 0.329. The van der Waals surface area contributed by atoms with Gasteiger partial charge in [-0.25, -0.2) is 0 Å². The van der Waals surface area contributed by atoms with Crippen LogP contribution in [-0.2, 0) is 0 Å². The first-order chi connectivity index (χ1) is 10.8. The predicted molar refractivity (Wildman–Crippen MR) is 92.3 cm³/mol. The number of fused-ring (bicyclic) bond motifs is 2. The van der Waals surface area contributed by atoms with Crippen LogP contribution in [0.2, 0.25) is 0 Å². The molecule has 1 N–H and O–H groups in total. The number of hydrogen-bond acceptors (Lipinski definition) is 3. The molecule has 0 radical (unpaired) electrons. The third kappa shape index (κ3) is 3.14. The van der Waals surface area contributed by atoms with E-state index in [0.717, 1.165) is 42.3 Å². The maximum absolute atomic E-state index is 6.41. The highest BCUT2D eigenvalue weighted by Crippen LogP contribution is 2.37. The summed E-state index contributed by atoms with van der Waals surface area (Å²) in [5, 5.41) is 3.52. The number of hydrogen-bond donors (Lipinski definition) is 1. The largest absolute Gasteiger partial charge is 0.489 e. The second-order valence-electron chi connectivity index (χ2n) is 6.11. The third-order valence-corrected chi connectivity index (χ3v) is 4.67. The van der Waals surface area contributed by atoms with Gasteiger partial charge in [-0.2, -0.15) is 0 Å². The van der Waals surface area contributed by atoms with Gasteiger partial charge < -0.3 is 10.1 Å². The highest BCUT2D eigenvalue weighted by molar-refractivity contribution is 6.10. The molecule has 3 heteroatoms. The first-order valence-electron chi connectivity index (χ1n) is 8.09. The van der Waals surface area contributed by atoms with Crippen LogP contribution in [0, 0.1) is 11.8 Å². The molecule has 2 fully saturated rings. The lowest BCUT2D eigenvalue weighted by Gasteiger charge is -2.23. The first-order valence-corrected chi connectivity index (χ1v) is 8.09. The maximum Gasteiger partial charge on any atom is 0.127 e. The van der Waals surface area contributed by atoms with Crippen LogP contribution in [0.1, 0.15) is 25.3 Å². The van der Waals surface area contributed by atoms with E-state index in [2.05, 4.69) is 35.1 Å². The Balaban J connectivity index is 1.82. The summed E-state index contributed by atoms with van der Waals surface area (Å²) in [6.07, 6.45) is 8.24. The van der Waals surface area contributed by atoms with Crippen LogP contribution >= 0.6 is 0 Å². The number of allylic oxidation sites excluding steroid dienone is 2. The Bertz CT molecular complexity index is 591. The molecule has 0 spiro atoms.